The Bertz CT molecular complexity index is 968. The fraction of sp³-hybridized carbons (Fsp3) is 0.217. The van der Waals surface area contributed by atoms with E-state index in [1.807, 2.05) is 54.6 Å². The molecule has 0 atom stereocenters. The molecule has 29 heavy (non-hydrogen) atoms. The first-order valence-corrected chi connectivity index (χ1v) is 9.42. The third-order valence-electron chi connectivity index (χ3n) is 4.32. The summed E-state index contributed by atoms with van der Waals surface area (Å²) in [7, 11) is 0. The molecule has 0 aliphatic rings. The number of aliphatic carboxylic acids is 1. The predicted octanol–water partition coefficient (Wildman–Crippen LogP) is 3.78. The zero-order valence-corrected chi connectivity index (χ0v) is 16.0. The lowest BCUT2D eigenvalue weighted by Gasteiger charge is -2.10. The first-order chi connectivity index (χ1) is 14.1. The summed E-state index contributed by atoms with van der Waals surface area (Å²) in [5.74, 6) is 0.263. The number of carbonyl (C=O) groups is 2. The second-order valence-electron chi connectivity index (χ2n) is 6.52. The topological polar surface area (TPSA) is 84.9 Å². The zero-order valence-electron chi connectivity index (χ0n) is 16.0. The lowest BCUT2D eigenvalue weighted by molar-refractivity contribution is -0.138. The van der Waals surface area contributed by atoms with E-state index in [1.54, 1.807) is 0 Å². The SMILES string of the molecule is O=C(O)CCC(=O)NCc1ccc(OCCOc2ccc3ccccc3c2)cc1. The van der Waals surface area contributed by atoms with Crippen LogP contribution < -0.4 is 14.8 Å². The molecular formula is C23H23NO5. The summed E-state index contributed by atoms with van der Waals surface area (Å²) in [5, 5.41) is 13.6. The molecule has 6 nitrogen and oxygen atoms in total. The van der Waals surface area contributed by atoms with Gasteiger partial charge in [0.25, 0.3) is 0 Å². The highest BCUT2D eigenvalue weighted by Gasteiger charge is 2.05. The van der Waals surface area contributed by atoms with Crippen LogP contribution in [0, 0.1) is 0 Å². The lowest BCUT2D eigenvalue weighted by atomic mass is 10.1. The van der Waals surface area contributed by atoms with Gasteiger partial charge in [-0.1, -0.05) is 42.5 Å². The van der Waals surface area contributed by atoms with E-state index in [0.717, 1.165) is 16.7 Å². The number of nitrogens with one attached hydrogen (secondary N) is 1. The first kappa shape index (κ1) is 20.2. The van der Waals surface area contributed by atoms with Crippen molar-refractivity contribution in [1.82, 2.24) is 5.32 Å². The van der Waals surface area contributed by atoms with Gasteiger partial charge in [-0.3, -0.25) is 9.59 Å². The smallest absolute Gasteiger partial charge is 0.303 e. The Kier molecular flexibility index (Phi) is 7.05. The molecule has 0 aliphatic heterocycles. The fourth-order valence-corrected chi connectivity index (χ4v) is 2.79. The molecule has 3 aromatic rings. The summed E-state index contributed by atoms with van der Waals surface area (Å²) >= 11 is 0. The Morgan fingerprint density at radius 2 is 1.45 bits per heavy atom. The van der Waals surface area contributed by atoms with E-state index in [2.05, 4.69) is 17.4 Å². The van der Waals surface area contributed by atoms with E-state index in [9.17, 15) is 9.59 Å². The molecule has 0 fully saturated rings. The summed E-state index contributed by atoms with van der Waals surface area (Å²) in [6.45, 7) is 1.20. The Balaban J connectivity index is 1.38. The van der Waals surface area contributed by atoms with Crippen molar-refractivity contribution >= 4 is 22.6 Å². The van der Waals surface area contributed by atoms with Crippen LogP contribution in [-0.2, 0) is 16.1 Å². The highest BCUT2D eigenvalue weighted by molar-refractivity contribution is 5.83. The van der Waals surface area contributed by atoms with E-state index in [1.165, 1.54) is 5.39 Å². The highest BCUT2D eigenvalue weighted by atomic mass is 16.5. The van der Waals surface area contributed by atoms with Crippen LogP contribution in [0.2, 0.25) is 0 Å². The molecule has 0 heterocycles. The second-order valence-corrected chi connectivity index (χ2v) is 6.52. The minimum absolute atomic E-state index is 0.0201. The van der Waals surface area contributed by atoms with E-state index in [-0.39, 0.29) is 18.7 Å². The molecule has 0 bridgehead atoms. The number of ether oxygens (including phenoxy) is 2. The molecule has 3 aromatic carbocycles. The first-order valence-electron chi connectivity index (χ1n) is 9.42. The summed E-state index contributed by atoms with van der Waals surface area (Å²) in [5.41, 5.74) is 0.911. The van der Waals surface area contributed by atoms with Crippen molar-refractivity contribution < 1.29 is 24.2 Å². The Labute approximate surface area is 169 Å². The molecule has 0 unspecified atom stereocenters. The molecule has 0 aromatic heterocycles. The van der Waals surface area contributed by atoms with Crippen LogP contribution in [0.1, 0.15) is 18.4 Å². The van der Waals surface area contributed by atoms with E-state index in [4.69, 9.17) is 14.6 Å². The minimum Gasteiger partial charge on any atom is -0.490 e. The molecule has 3 rings (SSSR count). The highest BCUT2D eigenvalue weighted by Crippen LogP contribution is 2.20. The Morgan fingerprint density at radius 3 is 2.17 bits per heavy atom. The van der Waals surface area contributed by atoms with Crippen molar-refractivity contribution in [2.75, 3.05) is 13.2 Å². The van der Waals surface area contributed by atoms with Gasteiger partial charge in [0.15, 0.2) is 0 Å². The van der Waals surface area contributed by atoms with Crippen LogP contribution in [0.3, 0.4) is 0 Å². The van der Waals surface area contributed by atoms with Crippen LogP contribution >= 0.6 is 0 Å². The maximum absolute atomic E-state index is 11.5. The normalized spacial score (nSPS) is 10.5. The molecule has 6 heteroatoms. The van der Waals surface area contributed by atoms with Gasteiger partial charge in [-0.15, -0.1) is 0 Å². The summed E-state index contributed by atoms with van der Waals surface area (Å²) in [6, 6.07) is 21.5. The summed E-state index contributed by atoms with van der Waals surface area (Å²) in [6.07, 6.45) is -0.187. The van der Waals surface area contributed by atoms with Crippen LogP contribution in [-0.4, -0.2) is 30.2 Å². The van der Waals surface area contributed by atoms with Crippen LogP contribution in [0.15, 0.2) is 66.7 Å². The van der Waals surface area contributed by atoms with Crippen molar-refractivity contribution in [3.05, 3.63) is 72.3 Å². The number of carboxylic acids is 1. The molecule has 0 radical (unpaired) electrons. The lowest BCUT2D eigenvalue weighted by Crippen LogP contribution is -2.23. The van der Waals surface area contributed by atoms with Gasteiger partial charge in [0.2, 0.25) is 5.91 Å². The number of fused-ring (bicyclic) bond motifs is 1. The maximum atomic E-state index is 11.5. The average molecular weight is 393 g/mol. The van der Waals surface area contributed by atoms with Gasteiger partial charge in [0.05, 0.1) is 6.42 Å². The number of carbonyl (C=O) groups excluding carboxylic acids is 1. The van der Waals surface area contributed by atoms with Crippen molar-refractivity contribution in [3.63, 3.8) is 0 Å². The second kappa shape index (κ2) is 10.1. The van der Waals surface area contributed by atoms with Crippen LogP contribution in [0.25, 0.3) is 10.8 Å². The molecular weight excluding hydrogens is 370 g/mol. The number of rotatable bonds is 10. The van der Waals surface area contributed by atoms with E-state index >= 15 is 0 Å². The predicted molar refractivity (Wildman–Crippen MR) is 110 cm³/mol. The Morgan fingerprint density at radius 1 is 0.793 bits per heavy atom. The van der Waals surface area contributed by atoms with Crippen LogP contribution in [0.4, 0.5) is 0 Å². The largest absolute Gasteiger partial charge is 0.490 e. The van der Waals surface area contributed by atoms with Gasteiger partial charge >= 0.3 is 5.97 Å². The molecule has 1 amide bonds. The maximum Gasteiger partial charge on any atom is 0.303 e. The number of hydrogen-bond donors (Lipinski definition) is 2. The molecule has 2 N–H and O–H groups in total. The van der Waals surface area contributed by atoms with Crippen LogP contribution in [0.5, 0.6) is 11.5 Å². The number of amides is 1. The van der Waals surface area contributed by atoms with Crippen molar-refractivity contribution in [1.29, 1.82) is 0 Å². The zero-order chi connectivity index (χ0) is 20.5. The van der Waals surface area contributed by atoms with Crippen molar-refractivity contribution in [2.24, 2.45) is 0 Å². The van der Waals surface area contributed by atoms with Gasteiger partial charge in [0, 0.05) is 13.0 Å². The Hall–Kier alpha value is -3.54. The fourth-order valence-electron chi connectivity index (χ4n) is 2.79. The standard InChI is InChI=1S/C23H23NO5/c25-22(11-12-23(26)27)24-16-17-5-8-20(9-6-17)28-13-14-29-21-10-7-18-3-1-2-4-19(18)15-21/h1-10,15H,11-14,16H2,(H,24,25)(H,26,27). The van der Waals surface area contributed by atoms with E-state index < -0.39 is 5.97 Å². The van der Waals surface area contributed by atoms with Gasteiger partial charge in [-0.25, -0.2) is 0 Å². The quantitative estimate of drug-likeness (QED) is 0.512. The van der Waals surface area contributed by atoms with Gasteiger partial charge in [-0.2, -0.15) is 0 Å². The third kappa shape index (κ3) is 6.53. The summed E-state index contributed by atoms with van der Waals surface area (Å²) in [4.78, 5) is 22.0. The average Bonchev–Trinajstić information content (AvgIpc) is 2.74. The minimum atomic E-state index is -0.980. The van der Waals surface area contributed by atoms with Gasteiger partial charge < -0.3 is 19.9 Å². The van der Waals surface area contributed by atoms with Crippen molar-refractivity contribution in [3.8, 4) is 11.5 Å². The van der Waals surface area contributed by atoms with Gasteiger partial charge in [0.1, 0.15) is 24.7 Å². The summed E-state index contributed by atoms with van der Waals surface area (Å²) < 4.78 is 11.4. The number of benzene rings is 3. The van der Waals surface area contributed by atoms with E-state index in [0.29, 0.717) is 25.5 Å². The number of carboxylic acid groups (broad SMARTS) is 1. The number of hydrogen-bond acceptors (Lipinski definition) is 4. The molecule has 0 spiro atoms. The molecule has 0 saturated heterocycles. The molecule has 150 valence electrons. The van der Waals surface area contributed by atoms with Gasteiger partial charge in [-0.05, 0) is 40.6 Å². The molecule has 0 aliphatic carbocycles. The molecule has 0 saturated carbocycles. The van der Waals surface area contributed by atoms with Crippen molar-refractivity contribution in [2.45, 2.75) is 19.4 Å². The third-order valence-corrected chi connectivity index (χ3v) is 4.32. The monoisotopic (exact) mass is 393 g/mol.